The average Bonchev–Trinajstić information content (AvgIpc) is 2.67. The van der Waals surface area contributed by atoms with Gasteiger partial charge < -0.3 is 9.84 Å². The lowest BCUT2D eigenvalue weighted by molar-refractivity contribution is -0.0699. The molecule has 3 heteroatoms. The van der Waals surface area contributed by atoms with Crippen molar-refractivity contribution >= 4 is 0 Å². The molecule has 90 valence electrons. The van der Waals surface area contributed by atoms with Gasteiger partial charge in [0, 0.05) is 13.0 Å². The molecule has 2 aliphatic rings. The molecule has 2 fully saturated rings. The van der Waals surface area contributed by atoms with Gasteiger partial charge in [0.25, 0.3) is 0 Å². The van der Waals surface area contributed by atoms with Crippen molar-refractivity contribution in [3.8, 4) is 6.07 Å². The van der Waals surface area contributed by atoms with Gasteiger partial charge in [-0.1, -0.05) is 32.1 Å². The van der Waals surface area contributed by atoms with E-state index in [0.717, 1.165) is 25.7 Å². The second kappa shape index (κ2) is 4.73. The van der Waals surface area contributed by atoms with Crippen LogP contribution in [0, 0.1) is 16.7 Å². The van der Waals surface area contributed by atoms with Gasteiger partial charge in [-0.3, -0.25) is 0 Å². The van der Waals surface area contributed by atoms with E-state index < -0.39 is 11.0 Å². The first-order valence-corrected chi connectivity index (χ1v) is 6.44. The fourth-order valence-electron chi connectivity index (χ4n) is 3.12. The Morgan fingerprint density at radius 2 is 1.62 bits per heavy atom. The lowest BCUT2D eigenvalue weighted by Crippen LogP contribution is -2.48. The molecule has 0 bridgehead atoms. The molecule has 0 aromatic heterocycles. The van der Waals surface area contributed by atoms with Crippen LogP contribution in [-0.4, -0.2) is 23.9 Å². The van der Waals surface area contributed by atoms with E-state index in [1.165, 1.54) is 19.3 Å². The lowest BCUT2D eigenvalue weighted by Gasteiger charge is -2.40. The Bertz CT molecular complexity index is 268. The van der Waals surface area contributed by atoms with E-state index >= 15 is 0 Å². The zero-order valence-corrected chi connectivity index (χ0v) is 9.87. The maximum absolute atomic E-state index is 10.6. The van der Waals surface area contributed by atoms with Crippen LogP contribution in [0.15, 0.2) is 0 Å². The van der Waals surface area contributed by atoms with Crippen molar-refractivity contribution in [2.24, 2.45) is 5.41 Å². The van der Waals surface area contributed by atoms with Gasteiger partial charge in [0.15, 0.2) is 0 Å². The Hall–Kier alpha value is -0.590. The van der Waals surface area contributed by atoms with E-state index in [-0.39, 0.29) is 0 Å². The predicted octanol–water partition coefficient (Wildman–Crippen LogP) is 2.39. The van der Waals surface area contributed by atoms with Gasteiger partial charge in [-0.25, -0.2) is 0 Å². The summed E-state index contributed by atoms with van der Waals surface area (Å²) in [6.45, 7) is 0.945. The normalized spacial score (nSPS) is 35.0. The van der Waals surface area contributed by atoms with Crippen LogP contribution in [0.4, 0.5) is 0 Å². The highest BCUT2D eigenvalue weighted by molar-refractivity contribution is 5.13. The summed E-state index contributed by atoms with van der Waals surface area (Å²) in [5.41, 5.74) is -1.44. The van der Waals surface area contributed by atoms with Crippen LogP contribution in [0.25, 0.3) is 0 Å². The van der Waals surface area contributed by atoms with Crippen molar-refractivity contribution in [1.29, 1.82) is 5.26 Å². The molecule has 0 spiro atoms. The summed E-state index contributed by atoms with van der Waals surface area (Å²) in [4.78, 5) is 0. The molecule has 1 N–H and O–H groups in total. The highest BCUT2D eigenvalue weighted by Crippen LogP contribution is 2.46. The number of nitrogens with zero attached hydrogens (tertiary/aromatic N) is 1. The molecule has 1 atom stereocenters. The third kappa shape index (κ3) is 1.97. The first-order valence-electron chi connectivity index (χ1n) is 6.44. The average molecular weight is 223 g/mol. The number of nitriles is 1. The monoisotopic (exact) mass is 223 g/mol. The maximum Gasteiger partial charge on any atom is 0.109 e. The van der Waals surface area contributed by atoms with Gasteiger partial charge >= 0.3 is 0 Å². The minimum atomic E-state index is -0.890. The van der Waals surface area contributed by atoms with E-state index in [0.29, 0.717) is 19.6 Å². The number of aliphatic hydroxyl groups is 1. The van der Waals surface area contributed by atoms with Crippen LogP contribution in [0.3, 0.4) is 0 Å². The Labute approximate surface area is 97.4 Å². The van der Waals surface area contributed by atoms with Crippen molar-refractivity contribution in [2.75, 3.05) is 13.2 Å². The molecule has 0 aromatic rings. The second-order valence-corrected chi connectivity index (χ2v) is 5.30. The molecule has 1 heterocycles. The van der Waals surface area contributed by atoms with Crippen molar-refractivity contribution in [1.82, 2.24) is 0 Å². The van der Waals surface area contributed by atoms with Crippen molar-refractivity contribution in [2.45, 2.75) is 57.0 Å². The summed E-state index contributed by atoms with van der Waals surface area (Å²) < 4.78 is 5.31. The van der Waals surface area contributed by atoms with Crippen LogP contribution in [-0.2, 0) is 4.74 Å². The Kier molecular flexibility index (Phi) is 3.51. The fraction of sp³-hybridized carbons (Fsp3) is 0.923. The number of rotatable bonds is 1. The minimum absolute atomic E-state index is 0.348. The first kappa shape index (κ1) is 11.9. The van der Waals surface area contributed by atoms with Gasteiger partial charge in [-0.05, 0) is 12.8 Å². The second-order valence-electron chi connectivity index (χ2n) is 5.30. The number of hydrogen-bond acceptors (Lipinski definition) is 3. The topological polar surface area (TPSA) is 53.2 Å². The Balaban J connectivity index is 2.18. The smallest absolute Gasteiger partial charge is 0.109 e. The van der Waals surface area contributed by atoms with Gasteiger partial charge in [-0.15, -0.1) is 0 Å². The molecule has 16 heavy (non-hydrogen) atoms. The molecule has 1 unspecified atom stereocenters. The molecular formula is C13H21NO2. The van der Waals surface area contributed by atoms with Crippen molar-refractivity contribution < 1.29 is 9.84 Å². The summed E-state index contributed by atoms with van der Waals surface area (Å²) in [5, 5.41) is 20.2. The number of hydrogen-bond donors (Lipinski definition) is 1. The summed E-state index contributed by atoms with van der Waals surface area (Å²) >= 11 is 0. The first-order chi connectivity index (χ1) is 7.72. The molecular weight excluding hydrogens is 202 g/mol. The highest BCUT2D eigenvalue weighted by Gasteiger charge is 2.52. The largest absolute Gasteiger partial charge is 0.386 e. The fourth-order valence-corrected chi connectivity index (χ4v) is 3.12. The zero-order chi connectivity index (χ0) is 11.5. The Morgan fingerprint density at radius 1 is 1.00 bits per heavy atom. The third-order valence-electron chi connectivity index (χ3n) is 4.31. The van der Waals surface area contributed by atoms with Gasteiger partial charge in [0.05, 0.1) is 18.1 Å². The van der Waals surface area contributed by atoms with Crippen molar-refractivity contribution in [3.05, 3.63) is 0 Å². The van der Waals surface area contributed by atoms with E-state index in [4.69, 9.17) is 4.74 Å². The zero-order valence-electron chi connectivity index (χ0n) is 9.87. The molecule has 1 aliphatic heterocycles. The third-order valence-corrected chi connectivity index (χ3v) is 4.31. The van der Waals surface area contributed by atoms with Crippen LogP contribution >= 0.6 is 0 Å². The van der Waals surface area contributed by atoms with Gasteiger partial charge in [0.1, 0.15) is 5.60 Å². The molecule has 0 radical (unpaired) electrons. The predicted molar refractivity (Wildman–Crippen MR) is 60.8 cm³/mol. The van der Waals surface area contributed by atoms with E-state index in [1.807, 2.05) is 0 Å². The molecule has 1 saturated heterocycles. The van der Waals surface area contributed by atoms with Gasteiger partial charge in [0.2, 0.25) is 0 Å². The van der Waals surface area contributed by atoms with Crippen LogP contribution < -0.4 is 0 Å². The molecule has 0 aromatic carbocycles. The van der Waals surface area contributed by atoms with E-state index in [9.17, 15) is 10.4 Å². The summed E-state index contributed by atoms with van der Waals surface area (Å²) in [6.07, 6.45) is 8.09. The highest BCUT2D eigenvalue weighted by atomic mass is 16.5. The quantitative estimate of drug-likeness (QED) is 0.742. The number of ether oxygens (including phenoxy) is 1. The minimum Gasteiger partial charge on any atom is -0.386 e. The van der Waals surface area contributed by atoms with Crippen LogP contribution in [0.1, 0.15) is 51.4 Å². The lowest BCUT2D eigenvalue weighted by atomic mass is 9.65. The van der Waals surface area contributed by atoms with Crippen LogP contribution in [0.2, 0.25) is 0 Å². The standard InChI is InChI=1S/C13H21NO2/c14-10-12(13(15)8-9-16-11-13)6-4-2-1-3-5-7-12/h15H,1-9,11H2. The summed E-state index contributed by atoms with van der Waals surface area (Å²) in [7, 11) is 0. The van der Waals surface area contributed by atoms with Gasteiger partial charge in [-0.2, -0.15) is 5.26 Å². The van der Waals surface area contributed by atoms with E-state index in [2.05, 4.69) is 6.07 Å². The Morgan fingerprint density at radius 3 is 2.12 bits per heavy atom. The molecule has 1 saturated carbocycles. The molecule has 2 rings (SSSR count). The summed E-state index contributed by atoms with van der Waals surface area (Å²) in [6, 6.07) is 2.44. The SMILES string of the molecule is N#CC1(C2(O)CCOC2)CCCCCCC1. The maximum atomic E-state index is 10.6. The van der Waals surface area contributed by atoms with Crippen molar-refractivity contribution in [3.63, 3.8) is 0 Å². The molecule has 1 aliphatic carbocycles. The van der Waals surface area contributed by atoms with Crippen LogP contribution in [0.5, 0.6) is 0 Å². The molecule has 0 amide bonds. The van der Waals surface area contributed by atoms with E-state index in [1.54, 1.807) is 0 Å². The summed E-state index contributed by atoms with van der Waals surface area (Å²) in [5.74, 6) is 0. The molecule has 3 nitrogen and oxygen atoms in total.